The Morgan fingerprint density at radius 2 is 1.90 bits per heavy atom. The van der Waals surface area contributed by atoms with Gasteiger partial charge in [0.05, 0.1) is 25.9 Å². The second kappa shape index (κ2) is 9.60. The maximum Gasteiger partial charge on any atom is 0.128 e. The van der Waals surface area contributed by atoms with Gasteiger partial charge in [0.1, 0.15) is 24.2 Å². The van der Waals surface area contributed by atoms with E-state index in [9.17, 15) is 10.2 Å². The third-order valence-electron chi connectivity index (χ3n) is 2.73. The Morgan fingerprint density at radius 3 is 2.52 bits per heavy atom. The second-order valence-electron chi connectivity index (χ2n) is 5.12. The van der Waals surface area contributed by atoms with Crippen molar-refractivity contribution in [1.29, 1.82) is 0 Å². The largest absolute Gasteiger partial charge is 0.493 e. The lowest BCUT2D eigenvalue weighted by Crippen LogP contribution is -2.25. The zero-order valence-corrected chi connectivity index (χ0v) is 13.0. The molecule has 5 heteroatoms. The summed E-state index contributed by atoms with van der Waals surface area (Å²) in [7, 11) is 0. The first-order chi connectivity index (χ1) is 10.1. The van der Waals surface area contributed by atoms with Gasteiger partial charge in [-0.25, -0.2) is 0 Å². The van der Waals surface area contributed by atoms with Gasteiger partial charge in [-0.3, -0.25) is 0 Å². The summed E-state index contributed by atoms with van der Waals surface area (Å²) in [5.41, 5.74) is 0.663. The molecular formula is C16H26O5. The summed E-state index contributed by atoms with van der Waals surface area (Å²) in [6, 6.07) is 5.29. The average molecular weight is 298 g/mol. The van der Waals surface area contributed by atoms with Crippen LogP contribution in [-0.4, -0.2) is 42.2 Å². The molecule has 0 saturated carbocycles. The third-order valence-corrected chi connectivity index (χ3v) is 2.73. The standard InChI is InChI=1S/C16H26O5/c1-4-7-19-15-6-5-13(9-17)16(8-15)21-11-14(18)10-20-12(2)3/h5-6,8,12,14,17-18H,4,7,9-11H2,1-3H3. The summed E-state index contributed by atoms with van der Waals surface area (Å²) >= 11 is 0. The highest BCUT2D eigenvalue weighted by atomic mass is 16.5. The molecule has 0 bridgehead atoms. The maximum atomic E-state index is 9.79. The van der Waals surface area contributed by atoms with Crippen LogP contribution in [0.1, 0.15) is 32.8 Å². The van der Waals surface area contributed by atoms with E-state index in [-0.39, 0.29) is 25.9 Å². The molecule has 2 N–H and O–H groups in total. The number of aliphatic hydroxyl groups is 2. The molecule has 1 atom stereocenters. The topological polar surface area (TPSA) is 68.2 Å². The lowest BCUT2D eigenvalue weighted by molar-refractivity contribution is -0.0125. The molecule has 1 unspecified atom stereocenters. The molecule has 120 valence electrons. The lowest BCUT2D eigenvalue weighted by Gasteiger charge is -2.16. The fraction of sp³-hybridized carbons (Fsp3) is 0.625. The van der Waals surface area contributed by atoms with Crippen molar-refractivity contribution in [2.45, 2.75) is 46.0 Å². The number of rotatable bonds is 10. The maximum absolute atomic E-state index is 9.79. The predicted molar refractivity (Wildman–Crippen MR) is 80.7 cm³/mol. The first-order valence-corrected chi connectivity index (χ1v) is 7.35. The minimum absolute atomic E-state index is 0.0680. The number of benzene rings is 1. The van der Waals surface area contributed by atoms with E-state index < -0.39 is 6.10 Å². The van der Waals surface area contributed by atoms with Crippen molar-refractivity contribution < 1.29 is 24.4 Å². The summed E-state index contributed by atoms with van der Waals surface area (Å²) in [6.07, 6.45) is 0.279. The molecule has 0 saturated heterocycles. The number of hydrogen-bond donors (Lipinski definition) is 2. The molecule has 1 aromatic carbocycles. The molecule has 0 aliphatic heterocycles. The first-order valence-electron chi connectivity index (χ1n) is 7.35. The Morgan fingerprint density at radius 1 is 1.14 bits per heavy atom. The van der Waals surface area contributed by atoms with E-state index in [4.69, 9.17) is 14.2 Å². The Labute approximate surface area is 126 Å². The van der Waals surface area contributed by atoms with E-state index in [2.05, 4.69) is 0 Å². The van der Waals surface area contributed by atoms with Crippen LogP contribution in [-0.2, 0) is 11.3 Å². The normalized spacial score (nSPS) is 12.5. The van der Waals surface area contributed by atoms with E-state index in [1.807, 2.05) is 20.8 Å². The Bertz CT molecular complexity index is 406. The van der Waals surface area contributed by atoms with E-state index in [1.165, 1.54) is 0 Å². The van der Waals surface area contributed by atoms with E-state index in [0.29, 0.717) is 23.7 Å². The van der Waals surface area contributed by atoms with Crippen LogP contribution in [0.3, 0.4) is 0 Å². The van der Waals surface area contributed by atoms with Crippen molar-refractivity contribution in [3.63, 3.8) is 0 Å². The molecule has 0 aliphatic rings. The summed E-state index contributed by atoms with van der Waals surface area (Å²) in [5.74, 6) is 1.21. The zero-order valence-electron chi connectivity index (χ0n) is 13.0. The Balaban J connectivity index is 2.58. The van der Waals surface area contributed by atoms with Gasteiger partial charge in [-0.2, -0.15) is 0 Å². The quantitative estimate of drug-likeness (QED) is 0.692. The van der Waals surface area contributed by atoms with Gasteiger partial charge in [-0.1, -0.05) is 6.92 Å². The molecule has 0 amide bonds. The van der Waals surface area contributed by atoms with E-state index in [1.54, 1.807) is 18.2 Å². The number of hydrogen-bond acceptors (Lipinski definition) is 5. The van der Waals surface area contributed by atoms with Crippen molar-refractivity contribution >= 4 is 0 Å². The molecular weight excluding hydrogens is 272 g/mol. The van der Waals surface area contributed by atoms with Crippen molar-refractivity contribution in [1.82, 2.24) is 0 Å². The highest BCUT2D eigenvalue weighted by Gasteiger charge is 2.10. The highest BCUT2D eigenvalue weighted by molar-refractivity contribution is 5.40. The van der Waals surface area contributed by atoms with Gasteiger partial charge in [-0.05, 0) is 32.4 Å². The minimum atomic E-state index is -0.709. The van der Waals surface area contributed by atoms with Crippen molar-refractivity contribution in [3.05, 3.63) is 23.8 Å². The van der Waals surface area contributed by atoms with Crippen LogP contribution in [0.25, 0.3) is 0 Å². The zero-order chi connectivity index (χ0) is 15.7. The summed E-state index contributed by atoms with van der Waals surface area (Å²) in [6.45, 7) is 6.68. The van der Waals surface area contributed by atoms with E-state index >= 15 is 0 Å². The molecule has 0 fully saturated rings. The van der Waals surface area contributed by atoms with Gasteiger partial charge < -0.3 is 24.4 Å². The van der Waals surface area contributed by atoms with Crippen LogP contribution in [0.15, 0.2) is 18.2 Å². The Kier molecular flexibility index (Phi) is 8.12. The summed E-state index contributed by atoms with van der Waals surface area (Å²) in [4.78, 5) is 0. The van der Waals surface area contributed by atoms with Crippen molar-refractivity contribution in [2.24, 2.45) is 0 Å². The first kappa shape index (κ1) is 17.8. The lowest BCUT2D eigenvalue weighted by atomic mass is 10.2. The predicted octanol–water partition coefficient (Wildman–Crippen LogP) is 2.13. The average Bonchev–Trinajstić information content (AvgIpc) is 2.48. The SMILES string of the molecule is CCCOc1ccc(CO)c(OCC(O)COC(C)C)c1. The van der Waals surface area contributed by atoms with Crippen LogP contribution in [0.4, 0.5) is 0 Å². The molecule has 21 heavy (non-hydrogen) atoms. The molecule has 0 spiro atoms. The molecule has 0 aliphatic carbocycles. The minimum Gasteiger partial charge on any atom is -0.493 e. The van der Waals surface area contributed by atoms with Gasteiger partial charge >= 0.3 is 0 Å². The van der Waals surface area contributed by atoms with Crippen LogP contribution >= 0.6 is 0 Å². The fourth-order valence-corrected chi connectivity index (χ4v) is 1.65. The smallest absolute Gasteiger partial charge is 0.128 e. The van der Waals surface area contributed by atoms with Crippen LogP contribution in [0.2, 0.25) is 0 Å². The molecule has 0 heterocycles. The number of aliphatic hydroxyl groups excluding tert-OH is 2. The van der Waals surface area contributed by atoms with Gasteiger partial charge in [0.25, 0.3) is 0 Å². The van der Waals surface area contributed by atoms with Crippen molar-refractivity contribution in [2.75, 3.05) is 19.8 Å². The molecule has 0 radical (unpaired) electrons. The third kappa shape index (κ3) is 6.80. The van der Waals surface area contributed by atoms with Gasteiger partial charge in [0.2, 0.25) is 0 Å². The highest BCUT2D eigenvalue weighted by Crippen LogP contribution is 2.25. The molecule has 1 aromatic rings. The van der Waals surface area contributed by atoms with E-state index in [0.717, 1.165) is 6.42 Å². The fourth-order valence-electron chi connectivity index (χ4n) is 1.65. The van der Waals surface area contributed by atoms with Crippen LogP contribution in [0.5, 0.6) is 11.5 Å². The van der Waals surface area contributed by atoms with Gasteiger partial charge in [-0.15, -0.1) is 0 Å². The van der Waals surface area contributed by atoms with Crippen LogP contribution in [0, 0.1) is 0 Å². The monoisotopic (exact) mass is 298 g/mol. The molecule has 0 aromatic heterocycles. The molecule has 1 rings (SSSR count). The Hall–Kier alpha value is -1.30. The summed E-state index contributed by atoms with van der Waals surface area (Å²) < 4.78 is 16.4. The van der Waals surface area contributed by atoms with Gasteiger partial charge in [0.15, 0.2) is 0 Å². The second-order valence-corrected chi connectivity index (χ2v) is 5.12. The van der Waals surface area contributed by atoms with Crippen molar-refractivity contribution in [3.8, 4) is 11.5 Å². The van der Waals surface area contributed by atoms with Gasteiger partial charge in [0, 0.05) is 11.6 Å². The molecule has 5 nitrogen and oxygen atoms in total. The van der Waals surface area contributed by atoms with Crippen LogP contribution < -0.4 is 9.47 Å². The summed E-state index contributed by atoms with van der Waals surface area (Å²) in [5, 5.41) is 19.1. The number of ether oxygens (including phenoxy) is 3.